The second kappa shape index (κ2) is 11.3. The van der Waals surface area contributed by atoms with Gasteiger partial charge in [-0.25, -0.2) is 9.97 Å². The van der Waals surface area contributed by atoms with Crippen LogP contribution in [0.25, 0.3) is 0 Å². The van der Waals surface area contributed by atoms with Crippen molar-refractivity contribution in [2.24, 2.45) is 0 Å². The van der Waals surface area contributed by atoms with Gasteiger partial charge in [0.25, 0.3) is 5.88 Å². The quantitative estimate of drug-likeness (QED) is 0.401. The number of fused-ring (bicyclic) bond motifs is 1. The zero-order chi connectivity index (χ0) is 26.6. The summed E-state index contributed by atoms with van der Waals surface area (Å²) in [4.78, 5) is 17.6. The molecule has 0 saturated heterocycles. The van der Waals surface area contributed by atoms with Gasteiger partial charge in [-0.15, -0.1) is 0 Å². The van der Waals surface area contributed by atoms with Gasteiger partial charge in [-0.1, -0.05) is 0 Å². The van der Waals surface area contributed by atoms with Crippen LogP contribution in [0.5, 0.6) is 23.1 Å². The van der Waals surface area contributed by atoms with Crippen LogP contribution >= 0.6 is 0 Å². The van der Waals surface area contributed by atoms with Gasteiger partial charge in [0.15, 0.2) is 17.2 Å². The van der Waals surface area contributed by atoms with Crippen LogP contribution < -0.4 is 29.6 Å². The number of aromatic nitrogens is 3. The molecule has 1 fully saturated rings. The van der Waals surface area contributed by atoms with Gasteiger partial charge < -0.3 is 39.4 Å². The van der Waals surface area contributed by atoms with E-state index in [1.165, 1.54) is 0 Å². The van der Waals surface area contributed by atoms with E-state index in [1.54, 1.807) is 25.6 Å². The molecule has 2 N–H and O–H groups in total. The zero-order valence-electron chi connectivity index (χ0n) is 22.5. The van der Waals surface area contributed by atoms with Gasteiger partial charge in [-0.05, 0) is 59.2 Å². The Morgan fingerprint density at radius 2 is 1.87 bits per heavy atom. The van der Waals surface area contributed by atoms with E-state index >= 15 is 0 Å². The number of benzene rings is 1. The molecule has 3 heterocycles. The lowest BCUT2D eigenvalue weighted by Crippen LogP contribution is -2.46. The second-order valence-electron chi connectivity index (χ2n) is 10.1. The minimum Gasteiger partial charge on any atom is -0.493 e. The van der Waals surface area contributed by atoms with Crippen molar-refractivity contribution in [2.45, 2.75) is 31.1 Å². The Morgan fingerprint density at radius 1 is 1.03 bits per heavy atom. The van der Waals surface area contributed by atoms with Gasteiger partial charge in [0.05, 0.1) is 19.0 Å². The van der Waals surface area contributed by atoms with Crippen molar-refractivity contribution in [3.05, 3.63) is 42.7 Å². The van der Waals surface area contributed by atoms with E-state index in [0.717, 1.165) is 36.5 Å². The summed E-state index contributed by atoms with van der Waals surface area (Å²) in [5.74, 6) is 3.54. The van der Waals surface area contributed by atoms with Crippen molar-refractivity contribution >= 4 is 23.1 Å². The molecule has 11 heteroatoms. The van der Waals surface area contributed by atoms with Gasteiger partial charge in [0.2, 0.25) is 5.95 Å². The first kappa shape index (κ1) is 25.8. The number of methoxy groups -OCH3 is 1. The van der Waals surface area contributed by atoms with Crippen LogP contribution in [-0.4, -0.2) is 91.5 Å². The van der Waals surface area contributed by atoms with Gasteiger partial charge in [-0.2, -0.15) is 4.98 Å². The lowest BCUT2D eigenvalue weighted by molar-refractivity contribution is 0.0383. The van der Waals surface area contributed by atoms with Crippen LogP contribution in [0, 0.1) is 0 Å². The van der Waals surface area contributed by atoms with E-state index in [-0.39, 0.29) is 15.1 Å². The minimum absolute atomic E-state index is 0. The van der Waals surface area contributed by atoms with E-state index in [1.807, 2.05) is 38.4 Å². The molecule has 0 bridgehead atoms. The Bertz CT molecular complexity index is 1260. The first-order chi connectivity index (χ1) is 18.4. The molecular weight excluding hydrogens is 486 g/mol. The number of anilines is 4. The molecule has 3 aromatic rings. The fourth-order valence-corrected chi connectivity index (χ4v) is 4.42. The van der Waals surface area contributed by atoms with Crippen molar-refractivity contribution in [1.29, 1.82) is 0 Å². The third-order valence-electron chi connectivity index (χ3n) is 6.53. The third kappa shape index (κ3) is 6.17. The predicted molar refractivity (Wildman–Crippen MR) is 150 cm³/mol. The first-order valence-electron chi connectivity index (χ1n) is 12.7. The number of ether oxygens (including phenoxy) is 4. The molecule has 1 atom stereocenters. The first-order valence-corrected chi connectivity index (χ1v) is 12.7. The summed E-state index contributed by atoms with van der Waals surface area (Å²) in [6.45, 7) is 1.23. The van der Waals surface area contributed by atoms with Crippen LogP contribution in [0.2, 0.25) is 0 Å². The molecule has 1 aliphatic carbocycles. The Labute approximate surface area is 226 Å². The summed E-state index contributed by atoms with van der Waals surface area (Å²) < 4.78 is 23.6. The predicted octanol–water partition coefficient (Wildman–Crippen LogP) is 4.03. The maximum Gasteiger partial charge on any atom is 0.257 e. The van der Waals surface area contributed by atoms with Crippen molar-refractivity contribution in [1.82, 2.24) is 24.8 Å². The molecule has 1 aliphatic heterocycles. The van der Waals surface area contributed by atoms with E-state index in [0.29, 0.717) is 41.8 Å². The highest BCUT2D eigenvalue weighted by Gasteiger charge is 2.32. The van der Waals surface area contributed by atoms with Crippen molar-refractivity contribution in [3.8, 4) is 23.1 Å². The molecule has 11 nitrogen and oxygen atoms in total. The highest BCUT2D eigenvalue weighted by molar-refractivity contribution is 5.63. The van der Waals surface area contributed by atoms with E-state index in [2.05, 4.69) is 49.5 Å². The highest BCUT2D eigenvalue weighted by Crippen LogP contribution is 2.36. The summed E-state index contributed by atoms with van der Waals surface area (Å²) in [5, 5.41) is 6.51. The Kier molecular flexibility index (Phi) is 7.66. The van der Waals surface area contributed by atoms with Crippen LogP contribution in [0.4, 0.5) is 23.1 Å². The average molecular weight is 526 g/mol. The molecule has 2 aliphatic rings. The fraction of sp³-hybridized carbons (Fsp3) is 0.444. The zero-order valence-corrected chi connectivity index (χ0v) is 22.5. The number of hydrogen-bond acceptors (Lipinski definition) is 11. The number of pyridine rings is 1. The van der Waals surface area contributed by atoms with Gasteiger partial charge in [-0.3, -0.25) is 0 Å². The highest BCUT2D eigenvalue weighted by atomic mass is 16.6. The van der Waals surface area contributed by atoms with Crippen LogP contribution in [0.1, 0.15) is 15.7 Å². The molecule has 1 saturated carbocycles. The lowest BCUT2D eigenvalue weighted by Gasteiger charge is -2.39. The van der Waals surface area contributed by atoms with E-state index in [4.69, 9.17) is 18.9 Å². The smallest absolute Gasteiger partial charge is 0.257 e. The summed E-state index contributed by atoms with van der Waals surface area (Å²) >= 11 is 0. The number of rotatable bonds is 10. The summed E-state index contributed by atoms with van der Waals surface area (Å²) in [5.41, 5.74) is 1.53. The summed E-state index contributed by atoms with van der Waals surface area (Å²) in [6.07, 6.45) is 5.55. The lowest BCUT2D eigenvalue weighted by atomic mass is 9.88. The summed E-state index contributed by atoms with van der Waals surface area (Å²) in [7, 11) is 9.85. The van der Waals surface area contributed by atoms with E-state index in [9.17, 15) is 0 Å². The second-order valence-corrected chi connectivity index (χ2v) is 10.1. The molecule has 38 heavy (non-hydrogen) atoms. The summed E-state index contributed by atoms with van der Waals surface area (Å²) in [6, 6.07) is 9.95. The molecule has 5 rings (SSSR count). The van der Waals surface area contributed by atoms with Gasteiger partial charge in [0.1, 0.15) is 24.6 Å². The van der Waals surface area contributed by atoms with Crippen molar-refractivity contribution < 1.29 is 21.8 Å². The van der Waals surface area contributed by atoms with Crippen molar-refractivity contribution in [3.63, 3.8) is 0 Å². The molecule has 206 valence electrons. The average Bonchev–Trinajstić information content (AvgIpc) is 2.86. The Balaban J connectivity index is 0.00000220. The Hall–Kier alpha value is -3.83. The number of nitrogens with one attached hydrogen (secondary N) is 2. The van der Waals surface area contributed by atoms with Gasteiger partial charge >= 0.3 is 0 Å². The normalized spacial score (nSPS) is 20.1. The SMILES string of the molecule is COc1cc(Nc2nccc(Nc3cnc4c(c3)OC(CN(C)C)CO4)n2)ccc1OC1CC(N(C)C)C1.[HH].[HH]. The van der Waals surface area contributed by atoms with Crippen LogP contribution in [-0.2, 0) is 0 Å². The molecule has 1 aromatic carbocycles. The van der Waals surface area contributed by atoms with Crippen LogP contribution in [0.3, 0.4) is 0 Å². The minimum atomic E-state index is -0.0538. The molecule has 2 aromatic heterocycles. The molecule has 0 amide bonds. The Morgan fingerprint density at radius 3 is 2.63 bits per heavy atom. The molecular formula is C27H39N7O4. The number of hydrogen-bond donors (Lipinski definition) is 2. The fourth-order valence-electron chi connectivity index (χ4n) is 4.42. The van der Waals surface area contributed by atoms with Gasteiger partial charge in [0, 0.05) is 39.5 Å². The van der Waals surface area contributed by atoms with E-state index < -0.39 is 0 Å². The molecule has 0 radical (unpaired) electrons. The number of likely N-dealkylation sites (N-methyl/N-ethyl adjacent to an activating group) is 1. The standard InChI is InChI=1S/C27H35N7O4.2H2/c1-33(2)15-21-16-36-26-24(38-21)11-18(14-29-26)30-25-8-9-28-27(32-25)31-17-6-7-22(23(10-17)35-5)37-20-12-19(13-20)34(3)4;;/h6-11,14,19-21H,12-13,15-16H2,1-5H3,(H2,28,30,31,32);2*1H. The van der Waals surface area contributed by atoms with Crippen LogP contribution in [0.15, 0.2) is 42.7 Å². The third-order valence-corrected chi connectivity index (χ3v) is 6.53. The largest absolute Gasteiger partial charge is 0.493 e. The molecule has 1 unspecified atom stereocenters. The maximum absolute atomic E-state index is 6.16. The topological polar surface area (TPSA) is 106 Å². The number of nitrogens with zero attached hydrogens (tertiary/aromatic N) is 5. The maximum atomic E-state index is 6.16. The molecule has 0 spiro atoms. The monoisotopic (exact) mass is 525 g/mol. The van der Waals surface area contributed by atoms with Crippen molar-refractivity contribution in [2.75, 3.05) is 59.1 Å².